The van der Waals surface area contributed by atoms with Crippen LogP contribution in [0.2, 0.25) is 0 Å². The normalized spacial score (nSPS) is 9.08. The molecular formula is C11H12OU. The molecule has 0 unspecified atom stereocenters. The van der Waals surface area contributed by atoms with Crippen molar-refractivity contribution in [1.29, 1.82) is 0 Å². The minimum Gasteiger partial charge on any atom is -0.336 e. The van der Waals surface area contributed by atoms with Gasteiger partial charge in [-0.15, -0.1) is 6.42 Å². The molecule has 0 heterocycles. The summed E-state index contributed by atoms with van der Waals surface area (Å²) in [5.41, 5.74) is 2.12. The van der Waals surface area contributed by atoms with Crippen molar-refractivity contribution in [1.82, 2.24) is 0 Å². The molecule has 0 amide bonds. The summed E-state index contributed by atoms with van der Waals surface area (Å²) in [6, 6.07) is 8.87. The van der Waals surface area contributed by atoms with Gasteiger partial charge in [0.05, 0.1) is 0 Å². The van der Waals surface area contributed by atoms with E-state index >= 15 is 0 Å². The molecule has 0 aliphatic carbocycles. The van der Waals surface area contributed by atoms with Crippen LogP contribution in [0.4, 0.5) is 0 Å². The molecule has 2 heteroatoms. The van der Waals surface area contributed by atoms with Crippen molar-refractivity contribution >= 4 is 5.78 Å². The monoisotopic (exact) mass is 398 g/mol. The van der Waals surface area contributed by atoms with Gasteiger partial charge in [0.1, 0.15) is 5.78 Å². The van der Waals surface area contributed by atoms with E-state index in [1.807, 2.05) is 25.1 Å². The zero-order valence-corrected chi connectivity index (χ0v) is 11.9. The first-order chi connectivity index (χ1) is 5.72. The second kappa shape index (κ2) is 6.40. The van der Waals surface area contributed by atoms with Gasteiger partial charge in [-0.05, 0) is 0 Å². The maximum absolute atomic E-state index is 11.0. The number of aryl methyl sites for hydroxylation is 1. The van der Waals surface area contributed by atoms with E-state index in [1.165, 1.54) is 5.56 Å². The molecule has 66 valence electrons. The van der Waals surface area contributed by atoms with Crippen LogP contribution in [0.5, 0.6) is 0 Å². The van der Waals surface area contributed by atoms with E-state index in [0.29, 0.717) is 12.8 Å². The van der Waals surface area contributed by atoms with E-state index < -0.39 is 0 Å². The summed E-state index contributed by atoms with van der Waals surface area (Å²) in [6.07, 6.45) is 0.825. The largest absolute Gasteiger partial charge is 2.00 e. The number of Topliss-reactive ketones (excluding diaryl/α,β-unsaturated/α-hetero) is 1. The molecule has 0 aliphatic rings. The zero-order chi connectivity index (χ0) is 8.97. The van der Waals surface area contributed by atoms with Crippen LogP contribution in [-0.2, 0) is 11.2 Å². The van der Waals surface area contributed by atoms with Crippen LogP contribution in [0.3, 0.4) is 0 Å². The average Bonchev–Trinajstić information content (AvgIpc) is 2.09. The molecule has 0 saturated heterocycles. The number of carbonyl (C=O) groups excluding carboxylic acids is 1. The number of hydrogen-bond donors (Lipinski definition) is 0. The maximum atomic E-state index is 11.0. The molecule has 0 aromatic heterocycles. The maximum Gasteiger partial charge on any atom is 2.00 e. The molecule has 0 N–H and O–H groups in total. The van der Waals surface area contributed by atoms with Gasteiger partial charge in [-0.2, -0.15) is 35.4 Å². The van der Waals surface area contributed by atoms with Crippen molar-refractivity contribution in [3.63, 3.8) is 0 Å². The van der Waals surface area contributed by atoms with E-state index in [9.17, 15) is 4.79 Å². The van der Waals surface area contributed by atoms with E-state index in [2.05, 4.69) is 13.0 Å². The van der Waals surface area contributed by atoms with Crippen LogP contribution < -0.4 is 0 Å². The SMILES string of the molecule is [CH2-]CC(=O)Cc1[c-]cc(C)cc1.[U+2]. The van der Waals surface area contributed by atoms with Crippen LogP contribution in [0.25, 0.3) is 0 Å². The van der Waals surface area contributed by atoms with Crippen molar-refractivity contribution < 1.29 is 35.9 Å². The third-order valence-electron chi connectivity index (χ3n) is 1.70. The van der Waals surface area contributed by atoms with Crippen LogP contribution in [0.15, 0.2) is 18.2 Å². The number of hydrogen-bond acceptors (Lipinski definition) is 1. The third-order valence-corrected chi connectivity index (χ3v) is 1.70. The number of rotatable bonds is 3. The van der Waals surface area contributed by atoms with Gasteiger partial charge >= 0.3 is 31.1 Å². The molecule has 0 bridgehead atoms. The number of carbonyl (C=O) groups is 1. The second-order valence-electron chi connectivity index (χ2n) is 2.86. The molecule has 1 rings (SSSR count). The average molecular weight is 398 g/mol. The first kappa shape index (κ1) is 12.9. The molecule has 13 heavy (non-hydrogen) atoms. The van der Waals surface area contributed by atoms with Gasteiger partial charge in [0.25, 0.3) is 0 Å². The van der Waals surface area contributed by atoms with Gasteiger partial charge in [-0.1, -0.05) is 6.92 Å². The predicted octanol–water partition coefficient (Wildman–Crippen LogP) is 2.13. The van der Waals surface area contributed by atoms with Crippen LogP contribution >= 0.6 is 0 Å². The molecule has 1 nitrogen and oxygen atoms in total. The Kier molecular flexibility index (Phi) is 6.38. The fraction of sp³-hybridized carbons (Fsp3) is 0.273. The Hall–Kier alpha value is -0.0581. The fourth-order valence-corrected chi connectivity index (χ4v) is 0.946. The van der Waals surface area contributed by atoms with Crippen LogP contribution in [0.1, 0.15) is 17.5 Å². The molecule has 1 aromatic rings. The molecular weight excluding hydrogens is 386 g/mol. The van der Waals surface area contributed by atoms with Gasteiger partial charge in [0.2, 0.25) is 0 Å². The molecule has 1 aromatic carbocycles. The van der Waals surface area contributed by atoms with Crippen LogP contribution in [-0.4, -0.2) is 5.78 Å². The van der Waals surface area contributed by atoms with Crippen molar-refractivity contribution in [3.8, 4) is 0 Å². The Morgan fingerprint density at radius 3 is 2.69 bits per heavy atom. The topological polar surface area (TPSA) is 17.1 Å². The molecule has 0 spiro atoms. The molecule has 0 saturated carbocycles. The number of ketones is 1. The second-order valence-corrected chi connectivity index (χ2v) is 2.86. The van der Waals surface area contributed by atoms with Gasteiger partial charge in [-0.25, -0.2) is 0 Å². The first-order valence-electron chi connectivity index (χ1n) is 4.00. The standard InChI is InChI=1S/C11H12O.U/c1-3-11(12)8-10-6-4-9(2)5-7-10;/h4-6H,1,3,8H2,2H3;/q-2;+2. The van der Waals surface area contributed by atoms with Gasteiger partial charge in [-0.3, -0.25) is 0 Å². The predicted molar refractivity (Wildman–Crippen MR) is 48.7 cm³/mol. The Morgan fingerprint density at radius 2 is 2.23 bits per heavy atom. The quantitative estimate of drug-likeness (QED) is 0.714. The summed E-state index contributed by atoms with van der Waals surface area (Å²) in [7, 11) is 0. The third kappa shape index (κ3) is 4.64. The molecule has 0 fully saturated rings. The fourth-order valence-electron chi connectivity index (χ4n) is 0.946. The van der Waals surface area contributed by atoms with Crippen molar-refractivity contribution in [2.24, 2.45) is 0 Å². The summed E-state index contributed by atoms with van der Waals surface area (Å²) in [5.74, 6) is 0.162. The zero-order valence-electron chi connectivity index (χ0n) is 7.76. The van der Waals surface area contributed by atoms with E-state index in [0.717, 1.165) is 5.56 Å². The summed E-state index contributed by atoms with van der Waals surface area (Å²) in [5, 5.41) is 0. The van der Waals surface area contributed by atoms with E-state index in [1.54, 1.807) is 0 Å². The van der Waals surface area contributed by atoms with E-state index in [-0.39, 0.29) is 36.9 Å². The minimum absolute atomic E-state index is 0. The first-order valence-corrected chi connectivity index (χ1v) is 4.00. The van der Waals surface area contributed by atoms with Gasteiger partial charge in [0.15, 0.2) is 0 Å². The van der Waals surface area contributed by atoms with Crippen molar-refractivity contribution in [3.05, 3.63) is 42.3 Å². The Balaban J connectivity index is 0.00000144. The smallest absolute Gasteiger partial charge is 0.336 e. The Morgan fingerprint density at radius 1 is 1.54 bits per heavy atom. The molecule has 0 aliphatic heterocycles. The summed E-state index contributed by atoms with van der Waals surface area (Å²) < 4.78 is 0. The van der Waals surface area contributed by atoms with Crippen molar-refractivity contribution in [2.75, 3.05) is 0 Å². The van der Waals surface area contributed by atoms with Gasteiger partial charge < -0.3 is 11.7 Å². The Labute approximate surface area is 103 Å². The van der Waals surface area contributed by atoms with Crippen LogP contribution in [0, 0.1) is 51.0 Å². The molecule has 0 atom stereocenters. The minimum atomic E-state index is 0. The summed E-state index contributed by atoms with van der Waals surface area (Å²) >= 11 is 0. The Bertz CT molecular complexity index is 264. The summed E-state index contributed by atoms with van der Waals surface area (Å²) in [4.78, 5) is 11.0. The van der Waals surface area contributed by atoms with Gasteiger partial charge in [0, 0.05) is 6.42 Å². The molecule has 0 radical (unpaired) electrons. The number of benzene rings is 1. The summed E-state index contributed by atoms with van der Waals surface area (Å²) in [6.45, 7) is 5.54. The van der Waals surface area contributed by atoms with E-state index in [4.69, 9.17) is 0 Å². The van der Waals surface area contributed by atoms with Crippen molar-refractivity contribution in [2.45, 2.75) is 19.8 Å².